The molecule has 1 heterocycles. The van der Waals surface area contributed by atoms with Crippen LogP contribution in [0.1, 0.15) is 13.3 Å². The van der Waals surface area contributed by atoms with E-state index in [1.165, 1.54) is 11.8 Å². The van der Waals surface area contributed by atoms with Crippen molar-refractivity contribution in [1.82, 2.24) is 4.90 Å². The first-order valence-electron chi connectivity index (χ1n) is 8.77. The number of anilines is 1. The van der Waals surface area contributed by atoms with Crippen LogP contribution in [0, 0.1) is 0 Å². The zero-order chi connectivity index (χ0) is 20.1. The number of carbonyl (C=O) groups excluding carboxylic acids is 2. The lowest BCUT2D eigenvalue weighted by molar-refractivity contribution is -0.129. The molecule has 0 bridgehead atoms. The number of nitrogens with zero attached hydrogens (tertiary/aromatic N) is 2. The Bertz CT molecular complexity index is 902. The SMILES string of the molecule is CCN1C(=O)CC(C(=O)Nc2ccc(Cl)cc2)SC1=Nc1ccccc1OC. The van der Waals surface area contributed by atoms with Gasteiger partial charge in [-0.3, -0.25) is 14.5 Å². The number of amides is 2. The van der Waals surface area contributed by atoms with Gasteiger partial charge >= 0.3 is 0 Å². The van der Waals surface area contributed by atoms with Crippen LogP contribution in [0.4, 0.5) is 11.4 Å². The van der Waals surface area contributed by atoms with Crippen molar-refractivity contribution in [2.45, 2.75) is 18.6 Å². The molecule has 0 radical (unpaired) electrons. The molecule has 0 spiro atoms. The minimum Gasteiger partial charge on any atom is -0.494 e. The molecule has 1 aliphatic rings. The molecule has 0 aromatic heterocycles. The Kier molecular flexibility index (Phi) is 6.59. The highest BCUT2D eigenvalue weighted by Crippen LogP contribution is 2.33. The summed E-state index contributed by atoms with van der Waals surface area (Å²) in [6, 6.07) is 14.1. The number of ether oxygens (including phenoxy) is 1. The number of halogens is 1. The number of amidine groups is 1. The molecular weight excluding hydrogens is 398 g/mol. The van der Waals surface area contributed by atoms with E-state index in [1.807, 2.05) is 25.1 Å². The second kappa shape index (κ2) is 9.12. The number of hydrogen-bond donors (Lipinski definition) is 1. The zero-order valence-corrected chi connectivity index (χ0v) is 17.1. The number of methoxy groups -OCH3 is 1. The number of aliphatic imine (C=N–C) groups is 1. The average molecular weight is 418 g/mol. The van der Waals surface area contributed by atoms with Crippen LogP contribution in [0.15, 0.2) is 53.5 Å². The monoisotopic (exact) mass is 417 g/mol. The fraction of sp³-hybridized carbons (Fsp3) is 0.250. The van der Waals surface area contributed by atoms with Crippen LogP contribution in [-0.4, -0.2) is 40.8 Å². The van der Waals surface area contributed by atoms with Gasteiger partial charge in [0, 0.05) is 23.7 Å². The van der Waals surface area contributed by atoms with E-state index in [9.17, 15) is 9.59 Å². The molecule has 1 unspecified atom stereocenters. The van der Waals surface area contributed by atoms with Crippen LogP contribution in [0.2, 0.25) is 5.02 Å². The van der Waals surface area contributed by atoms with Gasteiger partial charge in [-0.25, -0.2) is 4.99 Å². The first-order valence-corrected chi connectivity index (χ1v) is 10.0. The number of para-hydroxylation sites is 2. The molecule has 1 aliphatic heterocycles. The topological polar surface area (TPSA) is 71.0 Å². The Hall–Kier alpha value is -2.51. The Morgan fingerprint density at radius 1 is 1.29 bits per heavy atom. The minimum atomic E-state index is -0.570. The Morgan fingerprint density at radius 2 is 2.00 bits per heavy atom. The lowest BCUT2D eigenvalue weighted by Gasteiger charge is -2.31. The average Bonchev–Trinajstić information content (AvgIpc) is 2.70. The van der Waals surface area contributed by atoms with E-state index in [-0.39, 0.29) is 18.2 Å². The van der Waals surface area contributed by atoms with Crippen molar-refractivity contribution in [3.8, 4) is 5.75 Å². The van der Waals surface area contributed by atoms with Crippen LogP contribution in [-0.2, 0) is 9.59 Å². The van der Waals surface area contributed by atoms with Gasteiger partial charge in [0.1, 0.15) is 16.7 Å². The highest BCUT2D eigenvalue weighted by atomic mass is 35.5. The number of rotatable bonds is 5. The molecular formula is C20H20ClN3O3S. The van der Waals surface area contributed by atoms with E-state index in [0.29, 0.717) is 33.9 Å². The van der Waals surface area contributed by atoms with Crippen LogP contribution >= 0.6 is 23.4 Å². The lowest BCUT2D eigenvalue weighted by atomic mass is 10.2. The lowest BCUT2D eigenvalue weighted by Crippen LogP contribution is -2.45. The number of hydrogen-bond acceptors (Lipinski definition) is 5. The molecule has 2 amide bonds. The minimum absolute atomic E-state index is 0.114. The zero-order valence-electron chi connectivity index (χ0n) is 15.5. The number of carbonyl (C=O) groups is 2. The Morgan fingerprint density at radius 3 is 2.68 bits per heavy atom. The van der Waals surface area contributed by atoms with Gasteiger partial charge in [-0.2, -0.15) is 0 Å². The highest BCUT2D eigenvalue weighted by molar-refractivity contribution is 8.15. The second-order valence-electron chi connectivity index (χ2n) is 6.01. The number of nitrogens with one attached hydrogen (secondary N) is 1. The van der Waals surface area contributed by atoms with Gasteiger partial charge in [-0.05, 0) is 43.3 Å². The van der Waals surface area contributed by atoms with Crippen LogP contribution in [0.25, 0.3) is 0 Å². The van der Waals surface area contributed by atoms with Gasteiger partial charge < -0.3 is 10.1 Å². The van der Waals surface area contributed by atoms with Crippen LogP contribution in [0.3, 0.4) is 0 Å². The Balaban J connectivity index is 1.83. The Labute approximate surface area is 172 Å². The van der Waals surface area contributed by atoms with Gasteiger partial charge in [-0.1, -0.05) is 35.5 Å². The van der Waals surface area contributed by atoms with Crippen molar-refractivity contribution in [3.05, 3.63) is 53.6 Å². The highest BCUT2D eigenvalue weighted by Gasteiger charge is 2.35. The van der Waals surface area contributed by atoms with E-state index in [4.69, 9.17) is 16.3 Å². The number of thioether (sulfide) groups is 1. The molecule has 1 N–H and O–H groups in total. The van der Waals surface area contributed by atoms with E-state index >= 15 is 0 Å². The maximum absolute atomic E-state index is 12.7. The third-order valence-corrected chi connectivity index (χ3v) is 5.60. The first-order chi connectivity index (χ1) is 13.5. The first kappa shape index (κ1) is 20.2. The third-order valence-electron chi connectivity index (χ3n) is 4.16. The van der Waals surface area contributed by atoms with Crippen molar-refractivity contribution in [3.63, 3.8) is 0 Å². The molecule has 2 aromatic carbocycles. The quantitative estimate of drug-likeness (QED) is 0.786. The predicted molar refractivity (Wildman–Crippen MR) is 114 cm³/mol. The maximum atomic E-state index is 12.7. The predicted octanol–water partition coefficient (Wildman–Crippen LogP) is 4.33. The standard InChI is InChI=1S/C20H20ClN3O3S/c1-3-24-18(25)12-17(19(26)22-14-10-8-13(21)9-11-14)28-20(24)23-15-6-4-5-7-16(15)27-2/h4-11,17H,3,12H2,1-2H3,(H,22,26). The van der Waals surface area contributed by atoms with E-state index in [1.54, 1.807) is 42.3 Å². The van der Waals surface area contributed by atoms with E-state index < -0.39 is 5.25 Å². The summed E-state index contributed by atoms with van der Waals surface area (Å²) in [5.74, 6) is 0.224. The fourth-order valence-electron chi connectivity index (χ4n) is 2.73. The largest absolute Gasteiger partial charge is 0.494 e. The van der Waals surface area contributed by atoms with Crippen molar-refractivity contribution < 1.29 is 14.3 Å². The van der Waals surface area contributed by atoms with Gasteiger partial charge in [0.05, 0.1) is 7.11 Å². The normalized spacial score (nSPS) is 18.2. The number of benzene rings is 2. The smallest absolute Gasteiger partial charge is 0.238 e. The molecule has 1 saturated heterocycles. The summed E-state index contributed by atoms with van der Waals surface area (Å²) in [4.78, 5) is 31.5. The summed E-state index contributed by atoms with van der Waals surface area (Å²) in [6.45, 7) is 2.36. The molecule has 1 atom stereocenters. The van der Waals surface area contributed by atoms with Gasteiger partial charge in [0.25, 0.3) is 0 Å². The van der Waals surface area contributed by atoms with E-state index in [2.05, 4.69) is 10.3 Å². The summed E-state index contributed by atoms with van der Waals surface area (Å²) < 4.78 is 5.34. The molecule has 3 rings (SSSR count). The fourth-order valence-corrected chi connectivity index (χ4v) is 4.02. The van der Waals surface area contributed by atoms with Gasteiger partial charge in [0.2, 0.25) is 11.8 Å². The molecule has 146 valence electrons. The van der Waals surface area contributed by atoms with Crippen molar-refractivity contribution >= 4 is 51.7 Å². The molecule has 1 fully saturated rings. The second-order valence-corrected chi connectivity index (χ2v) is 7.62. The van der Waals surface area contributed by atoms with Crippen LogP contribution in [0.5, 0.6) is 5.75 Å². The summed E-state index contributed by atoms with van der Waals surface area (Å²) in [7, 11) is 1.57. The summed E-state index contributed by atoms with van der Waals surface area (Å²) in [5.41, 5.74) is 1.24. The molecule has 2 aromatic rings. The molecule has 8 heteroatoms. The maximum Gasteiger partial charge on any atom is 0.238 e. The molecule has 0 saturated carbocycles. The van der Waals surface area contributed by atoms with Crippen molar-refractivity contribution in [1.29, 1.82) is 0 Å². The summed E-state index contributed by atoms with van der Waals surface area (Å²) in [5, 5.41) is 3.33. The van der Waals surface area contributed by atoms with Gasteiger partial charge in [0.15, 0.2) is 5.17 Å². The van der Waals surface area contributed by atoms with Crippen LogP contribution < -0.4 is 10.1 Å². The molecule has 6 nitrogen and oxygen atoms in total. The summed E-state index contributed by atoms with van der Waals surface area (Å²) >= 11 is 7.15. The molecule has 28 heavy (non-hydrogen) atoms. The van der Waals surface area contributed by atoms with Crippen molar-refractivity contribution in [2.24, 2.45) is 4.99 Å². The molecule has 0 aliphatic carbocycles. The van der Waals surface area contributed by atoms with Crippen molar-refractivity contribution in [2.75, 3.05) is 19.0 Å². The summed E-state index contributed by atoms with van der Waals surface area (Å²) in [6.07, 6.45) is 0.114. The van der Waals surface area contributed by atoms with E-state index in [0.717, 1.165) is 0 Å². The van der Waals surface area contributed by atoms with Gasteiger partial charge in [-0.15, -0.1) is 0 Å². The third kappa shape index (κ3) is 4.66.